The number of aromatic carboxylic acids is 1. The maximum absolute atomic E-state index is 12.0. The minimum Gasteiger partial charge on any atom is -0.497 e. The van der Waals surface area contributed by atoms with Crippen LogP contribution in [0.4, 0.5) is 0 Å². The first-order chi connectivity index (χ1) is 14.8. The fourth-order valence-corrected chi connectivity index (χ4v) is 4.04. The number of halogens is 1. The van der Waals surface area contributed by atoms with Crippen molar-refractivity contribution in [3.63, 3.8) is 0 Å². The molecule has 1 aromatic heterocycles. The van der Waals surface area contributed by atoms with Gasteiger partial charge in [0.05, 0.1) is 19.8 Å². The first-order valence-corrected chi connectivity index (χ1v) is 10.3. The number of ether oxygens (including phenoxy) is 2. The Morgan fingerprint density at radius 1 is 1.06 bits per heavy atom. The van der Waals surface area contributed by atoms with Crippen LogP contribution in [0.15, 0.2) is 42.5 Å². The van der Waals surface area contributed by atoms with E-state index in [1.165, 1.54) is 0 Å². The van der Waals surface area contributed by atoms with Crippen molar-refractivity contribution in [2.24, 2.45) is 0 Å². The number of benzene rings is 2. The van der Waals surface area contributed by atoms with Crippen LogP contribution in [-0.4, -0.2) is 29.9 Å². The predicted octanol–water partition coefficient (Wildman–Crippen LogP) is 4.81. The second-order valence-corrected chi connectivity index (χ2v) is 7.76. The number of hydrogen-bond donors (Lipinski definition) is 2. The first-order valence-electron chi connectivity index (χ1n) is 9.93. The van der Waals surface area contributed by atoms with Gasteiger partial charge in [-0.3, -0.25) is 0 Å². The lowest BCUT2D eigenvalue weighted by atomic mass is 10.1. The summed E-state index contributed by atoms with van der Waals surface area (Å²) in [6.07, 6.45) is 0. The molecule has 7 heteroatoms. The maximum Gasteiger partial charge on any atom is 0.337 e. The maximum atomic E-state index is 12.0. The number of carboxylic acids is 1. The SMILES string of the molecule is COc1ccc(CNCc2c(C(=O)O)c(C)n(Cc3cccc(Cl)c3)c2C)c(OC)c1. The minimum absolute atomic E-state index is 0.341. The van der Waals surface area contributed by atoms with E-state index in [1.807, 2.05) is 60.9 Å². The van der Waals surface area contributed by atoms with Gasteiger partial charge in [-0.1, -0.05) is 29.8 Å². The largest absolute Gasteiger partial charge is 0.497 e. The summed E-state index contributed by atoms with van der Waals surface area (Å²) in [5.74, 6) is 0.513. The van der Waals surface area contributed by atoms with E-state index in [-0.39, 0.29) is 0 Å². The molecule has 0 fully saturated rings. The Balaban J connectivity index is 1.83. The van der Waals surface area contributed by atoms with Crippen LogP contribution in [0.5, 0.6) is 11.5 Å². The van der Waals surface area contributed by atoms with E-state index in [0.717, 1.165) is 39.6 Å². The molecule has 1 heterocycles. The summed E-state index contributed by atoms with van der Waals surface area (Å²) < 4.78 is 12.7. The van der Waals surface area contributed by atoms with Gasteiger partial charge in [-0.25, -0.2) is 4.79 Å². The number of aromatic nitrogens is 1. The second kappa shape index (κ2) is 9.90. The van der Waals surface area contributed by atoms with Crippen LogP contribution in [0.25, 0.3) is 0 Å². The molecule has 2 aromatic carbocycles. The lowest BCUT2D eigenvalue weighted by molar-refractivity contribution is 0.0694. The molecule has 0 amide bonds. The van der Waals surface area contributed by atoms with Crippen LogP contribution in [0.1, 0.15) is 38.4 Å². The standard InChI is InChI=1S/C24H27ClN2O4/c1-15-21(13-26-12-18-8-9-20(30-3)11-22(18)31-4)23(24(28)29)16(2)27(15)14-17-6-5-7-19(25)10-17/h5-11,26H,12-14H2,1-4H3,(H,28,29). The number of nitrogens with zero attached hydrogens (tertiary/aromatic N) is 1. The van der Waals surface area contributed by atoms with Gasteiger partial charge in [0.2, 0.25) is 0 Å². The van der Waals surface area contributed by atoms with Crippen LogP contribution >= 0.6 is 11.6 Å². The topological polar surface area (TPSA) is 72.7 Å². The first kappa shape index (κ1) is 22.7. The van der Waals surface area contributed by atoms with Crippen LogP contribution in [0.2, 0.25) is 5.02 Å². The third kappa shape index (κ3) is 5.03. The summed E-state index contributed by atoms with van der Waals surface area (Å²) in [7, 11) is 3.23. The monoisotopic (exact) mass is 442 g/mol. The summed E-state index contributed by atoms with van der Waals surface area (Å²) in [4.78, 5) is 12.0. The minimum atomic E-state index is -0.927. The molecule has 0 spiro atoms. The predicted molar refractivity (Wildman–Crippen MR) is 122 cm³/mol. The van der Waals surface area contributed by atoms with Crippen LogP contribution in [0.3, 0.4) is 0 Å². The van der Waals surface area contributed by atoms with Gasteiger partial charge in [-0.15, -0.1) is 0 Å². The molecule has 0 unspecified atom stereocenters. The molecular formula is C24H27ClN2O4. The Morgan fingerprint density at radius 3 is 2.48 bits per heavy atom. The fraction of sp³-hybridized carbons (Fsp3) is 0.292. The van der Waals surface area contributed by atoms with E-state index in [4.69, 9.17) is 21.1 Å². The van der Waals surface area contributed by atoms with Gasteiger partial charge in [0, 0.05) is 53.2 Å². The van der Waals surface area contributed by atoms with E-state index >= 15 is 0 Å². The summed E-state index contributed by atoms with van der Waals surface area (Å²) in [5.41, 5.74) is 4.75. The number of methoxy groups -OCH3 is 2. The molecule has 2 N–H and O–H groups in total. The lowest BCUT2D eigenvalue weighted by Gasteiger charge is -2.12. The number of hydrogen-bond acceptors (Lipinski definition) is 4. The van der Waals surface area contributed by atoms with Crippen molar-refractivity contribution >= 4 is 17.6 Å². The highest BCUT2D eigenvalue weighted by Gasteiger charge is 2.22. The molecule has 0 atom stereocenters. The molecule has 3 rings (SSSR count). The molecule has 31 heavy (non-hydrogen) atoms. The average molecular weight is 443 g/mol. The summed E-state index contributed by atoms with van der Waals surface area (Å²) in [5, 5.41) is 13.9. The number of carbonyl (C=O) groups is 1. The molecule has 0 aliphatic rings. The molecular weight excluding hydrogens is 416 g/mol. The second-order valence-electron chi connectivity index (χ2n) is 7.33. The van der Waals surface area contributed by atoms with E-state index in [2.05, 4.69) is 5.32 Å². The van der Waals surface area contributed by atoms with Crippen molar-refractivity contribution in [2.45, 2.75) is 33.5 Å². The average Bonchev–Trinajstić information content (AvgIpc) is 2.98. The highest BCUT2D eigenvalue weighted by molar-refractivity contribution is 6.30. The number of rotatable bonds is 9. The molecule has 0 aliphatic heterocycles. The number of carboxylic acid groups (broad SMARTS) is 1. The summed E-state index contributed by atoms with van der Waals surface area (Å²) in [6, 6.07) is 13.2. The zero-order valence-corrected chi connectivity index (χ0v) is 18.9. The van der Waals surface area contributed by atoms with Crippen molar-refractivity contribution in [3.05, 3.63) is 81.1 Å². The van der Waals surface area contributed by atoms with Crippen molar-refractivity contribution in [3.8, 4) is 11.5 Å². The van der Waals surface area contributed by atoms with Gasteiger partial charge in [-0.2, -0.15) is 0 Å². The fourth-order valence-electron chi connectivity index (χ4n) is 3.82. The Hall–Kier alpha value is -2.96. The van der Waals surface area contributed by atoms with E-state index < -0.39 is 5.97 Å². The van der Waals surface area contributed by atoms with Crippen LogP contribution in [0, 0.1) is 13.8 Å². The van der Waals surface area contributed by atoms with Gasteiger partial charge >= 0.3 is 5.97 Å². The Bertz CT molecular complexity index is 1090. The normalized spacial score (nSPS) is 10.9. The molecule has 3 aromatic rings. The summed E-state index contributed by atoms with van der Waals surface area (Å²) in [6.45, 7) is 5.31. The van der Waals surface area contributed by atoms with Crippen molar-refractivity contribution in [1.29, 1.82) is 0 Å². The smallest absolute Gasteiger partial charge is 0.337 e. The van der Waals surface area contributed by atoms with Crippen molar-refractivity contribution in [2.75, 3.05) is 14.2 Å². The van der Waals surface area contributed by atoms with Gasteiger partial charge in [0.1, 0.15) is 11.5 Å². The quantitative estimate of drug-likeness (QED) is 0.497. The Labute approximate surface area is 187 Å². The molecule has 6 nitrogen and oxygen atoms in total. The van der Waals surface area contributed by atoms with Gasteiger partial charge in [0.25, 0.3) is 0 Å². The van der Waals surface area contributed by atoms with E-state index in [1.54, 1.807) is 14.2 Å². The molecule has 0 aliphatic carbocycles. The van der Waals surface area contributed by atoms with E-state index in [0.29, 0.717) is 30.2 Å². The van der Waals surface area contributed by atoms with Crippen molar-refractivity contribution < 1.29 is 19.4 Å². The third-order valence-corrected chi connectivity index (χ3v) is 5.70. The highest BCUT2D eigenvalue weighted by atomic mass is 35.5. The van der Waals surface area contributed by atoms with Gasteiger partial charge in [-0.05, 0) is 37.6 Å². The zero-order valence-electron chi connectivity index (χ0n) is 18.2. The molecule has 164 valence electrons. The van der Waals surface area contributed by atoms with Gasteiger partial charge < -0.3 is 24.5 Å². The molecule has 0 saturated carbocycles. The number of nitrogens with one attached hydrogen (secondary N) is 1. The molecule has 0 saturated heterocycles. The Kier molecular flexibility index (Phi) is 7.25. The third-order valence-electron chi connectivity index (χ3n) is 5.47. The van der Waals surface area contributed by atoms with Crippen LogP contribution < -0.4 is 14.8 Å². The zero-order chi connectivity index (χ0) is 22.5. The lowest BCUT2D eigenvalue weighted by Crippen LogP contribution is -2.16. The van der Waals surface area contributed by atoms with Gasteiger partial charge in [0.15, 0.2) is 0 Å². The van der Waals surface area contributed by atoms with E-state index in [9.17, 15) is 9.90 Å². The van der Waals surface area contributed by atoms with Crippen molar-refractivity contribution in [1.82, 2.24) is 9.88 Å². The Morgan fingerprint density at radius 2 is 1.84 bits per heavy atom. The summed E-state index contributed by atoms with van der Waals surface area (Å²) >= 11 is 6.12. The molecule has 0 radical (unpaired) electrons. The highest BCUT2D eigenvalue weighted by Crippen LogP contribution is 2.26. The molecule has 0 bridgehead atoms. The van der Waals surface area contributed by atoms with Crippen LogP contribution in [-0.2, 0) is 19.6 Å².